The Morgan fingerprint density at radius 1 is 1.33 bits per heavy atom. The van der Waals surface area contributed by atoms with Crippen LogP contribution in [0, 0.1) is 13.8 Å². The molecule has 0 saturated carbocycles. The zero-order valence-corrected chi connectivity index (χ0v) is 14.4. The average Bonchev–Trinajstić information content (AvgIpc) is 2.74. The molecule has 2 aromatic rings. The molecular formula is C16H21ClN2OS. The first-order valence-corrected chi connectivity index (χ1v) is 8.23. The number of rotatable bonds is 6. The molecule has 0 saturated heterocycles. The van der Waals surface area contributed by atoms with Gasteiger partial charge < -0.3 is 10.1 Å². The van der Waals surface area contributed by atoms with Crippen molar-refractivity contribution in [2.24, 2.45) is 0 Å². The van der Waals surface area contributed by atoms with E-state index >= 15 is 0 Å². The van der Waals surface area contributed by atoms with Gasteiger partial charge in [-0.2, -0.15) is 0 Å². The fourth-order valence-corrected chi connectivity index (χ4v) is 3.00. The molecule has 114 valence electrons. The summed E-state index contributed by atoms with van der Waals surface area (Å²) in [5, 5.41) is 5.01. The van der Waals surface area contributed by atoms with Crippen molar-refractivity contribution >= 4 is 22.9 Å². The summed E-state index contributed by atoms with van der Waals surface area (Å²) < 4.78 is 5.93. The molecular weight excluding hydrogens is 304 g/mol. The third-order valence-electron chi connectivity index (χ3n) is 3.16. The van der Waals surface area contributed by atoms with Crippen LogP contribution in [0.3, 0.4) is 0 Å². The first-order chi connectivity index (χ1) is 9.97. The summed E-state index contributed by atoms with van der Waals surface area (Å²) in [6.45, 7) is 9.52. The number of hydrogen-bond acceptors (Lipinski definition) is 4. The molecule has 1 heterocycles. The molecule has 0 bridgehead atoms. The summed E-state index contributed by atoms with van der Waals surface area (Å²) >= 11 is 7.95. The van der Waals surface area contributed by atoms with E-state index in [1.165, 1.54) is 4.88 Å². The maximum Gasteiger partial charge on any atom is 0.143 e. The minimum Gasteiger partial charge on any atom is -0.485 e. The molecule has 21 heavy (non-hydrogen) atoms. The van der Waals surface area contributed by atoms with Gasteiger partial charge in [-0.25, -0.2) is 4.98 Å². The number of halogens is 1. The summed E-state index contributed by atoms with van der Waals surface area (Å²) in [7, 11) is 0. The Hall–Kier alpha value is -1.10. The van der Waals surface area contributed by atoms with Gasteiger partial charge in [-0.05, 0) is 19.9 Å². The van der Waals surface area contributed by atoms with Crippen LogP contribution in [0.1, 0.15) is 35.0 Å². The van der Waals surface area contributed by atoms with Gasteiger partial charge in [0.1, 0.15) is 17.4 Å². The van der Waals surface area contributed by atoms with E-state index in [0.717, 1.165) is 28.6 Å². The Balaban J connectivity index is 2.10. The molecule has 1 aromatic carbocycles. The molecule has 0 aliphatic rings. The van der Waals surface area contributed by atoms with Crippen molar-refractivity contribution in [2.45, 2.75) is 46.9 Å². The van der Waals surface area contributed by atoms with Gasteiger partial charge in [0, 0.05) is 23.0 Å². The highest BCUT2D eigenvalue weighted by Gasteiger charge is 2.11. The van der Waals surface area contributed by atoms with Crippen molar-refractivity contribution in [2.75, 3.05) is 0 Å². The van der Waals surface area contributed by atoms with E-state index in [-0.39, 0.29) is 0 Å². The molecule has 3 nitrogen and oxygen atoms in total. The summed E-state index contributed by atoms with van der Waals surface area (Å²) in [5.41, 5.74) is 2.14. The standard InChI is InChI=1S/C16H21ClN2OS/c1-10(2)18-8-13-6-5-7-14(17)16(13)20-9-15-19-11(3)12(4)21-15/h5-7,10,18H,8-9H2,1-4H3. The summed E-state index contributed by atoms with van der Waals surface area (Å²) in [5.74, 6) is 0.748. The Morgan fingerprint density at radius 2 is 2.10 bits per heavy atom. The second kappa shape index (κ2) is 7.25. The molecule has 2 rings (SSSR count). The van der Waals surface area contributed by atoms with E-state index in [9.17, 15) is 0 Å². The van der Waals surface area contributed by atoms with Crippen LogP contribution in [0.25, 0.3) is 0 Å². The molecule has 0 atom stereocenters. The van der Waals surface area contributed by atoms with Gasteiger partial charge in [0.05, 0.1) is 10.7 Å². The van der Waals surface area contributed by atoms with Crippen molar-refractivity contribution in [3.63, 3.8) is 0 Å². The van der Waals surface area contributed by atoms with E-state index < -0.39 is 0 Å². The lowest BCUT2D eigenvalue weighted by atomic mass is 10.2. The highest BCUT2D eigenvalue weighted by atomic mass is 35.5. The Bertz CT molecular complexity index is 591. The van der Waals surface area contributed by atoms with Crippen LogP contribution in [0.2, 0.25) is 5.02 Å². The molecule has 0 aliphatic carbocycles. The third-order valence-corrected chi connectivity index (χ3v) is 4.51. The summed E-state index contributed by atoms with van der Waals surface area (Å²) in [6, 6.07) is 6.26. The molecule has 0 fully saturated rings. The van der Waals surface area contributed by atoms with E-state index in [0.29, 0.717) is 17.7 Å². The lowest BCUT2D eigenvalue weighted by Gasteiger charge is -2.14. The molecule has 5 heteroatoms. The van der Waals surface area contributed by atoms with Crippen LogP contribution in [0.15, 0.2) is 18.2 Å². The number of nitrogens with one attached hydrogen (secondary N) is 1. The predicted molar refractivity (Wildman–Crippen MR) is 89.3 cm³/mol. The molecule has 0 radical (unpaired) electrons. The van der Waals surface area contributed by atoms with E-state index in [2.05, 4.69) is 31.1 Å². The van der Waals surface area contributed by atoms with Crippen molar-refractivity contribution < 1.29 is 4.74 Å². The Kier molecular flexibility index (Phi) is 5.62. The first-order valence-electron chi connectivity index (χ1n) is 7.04. The van der Waals surface area contributed by atoms with E-state index in [1.54, 1.807) is 11.3 Å². The topological polar surface area (TPSA) is 34.1 Å². The third kappa shape index (κ3) is 4.43. The molecule has 0 amide bonds. The summed E-state index contributed by atoms with van der Waals surface area (Å²) in [4.78, 5) is 5.72. The predicted octanol–water partition coefficient (Wildman–Crippen LogP) is 4.49. The number of ether oxygens (including phenoxy) is 1. The van der Waals surface area contributed by atoms with Crippen LogP contribution < -0.4 is 10.1 Å². The minimum atomic E-state index is 0.418. The number of hydrogen-bond donors (Lipinski definition) is 1. The molecule has 0 unspecified atom stereocenters. The number of benzene rings is 1. The molecule has 0 aliphatic heterocycles. The van der Waals surface area contributed by atoms with Crippen molar-refractivity contribution in [1.82, 2.24) is 10.3 Å². The van der Waals surface area contributed by atoms with Gasteiger partial charge in [-0.1, -0.05) is 37.6 Å². The van der Waals surface area contributed by atoms with Crippen molar-refractivity contribution in [3.05, 3.63) is 44.4 Å². The maximum atomic E-state index is 6.28. The number of nitrogens with zero attached hydrogens (tertiary/aromatic N) is 1. The quantitative estimate of drug-likeness (QED) is 0.850. The minimum absolute atomic E-state index is 0.418. The van der Waals surface area contributed by atoms with Crippen molar-refractivity contribution in [3.8, 4) is 5.75 Å². The smallest absolute Gasteiger partial charge is 0.143 e. The zero-order valence-electron chi connectivity index (χ0n) is 12.9. The number of thiazole rings is 1. The molecule has 0 spiro atoms. The van der Waals surface area contributed by atoms with Gasteiger partial charge in [0.25, 0.3) is 0 Å². The second-order valence-electron chi connectivity index (χ2n) is 5.30. The molecule has 1 N–H and O–H groups in total. The average molecular weight is 325 g/mol. The van der Waals surface area contributed by atoms with Gasteiger partial charge in [0.2, 0.25) is 0 Å². The van der Waals surface area contributed by atoms with Crippen molar-refractivity contribution in [1.29, 1.82) is 0 Å². The maximum absolute atomic E-state index is 6.28. The fourth-order valence-electron chi connectivity index (χ4n) is 1.90. The number of aromatic nitrogens is 1. The first kappa shape index (κ1) is 16.3. The Labute approximate surface area is 135 Å². The van der Waals surface area contributed by atoms with Gasteiger partial charge in [-0.3, -0.25) is 0 Å². The Morgan fingerprint density at radius 3 is 2.71 bits per heavy atom. The monoisotopic (exact) mass is 324 g/mol. The zero-order chi connectivity index (χ0) is 15.4. The van der Waals surface area contributed by atoms with Crippen LogP contribution in [0.5, 0.6) is 5.75 Å². The highest BCUT2D eigenvalue weighted by Crippen LogP contribution is 2.30. The van der Waals surface area contributed by atoms with Crippen LogP contribution in [-0.4, -0.2) is 11.0 Å². The fraction of sp³-hybridized carbons (Fsp3) is 0.438. The SMILES string of the molecule is Cc1nc(COc2c(Cl)cccc2CNC(C)C)sc1C. The van der Waals surface area contributed by atoms with E-state index in [1.807, 2.05) is 25.1 Å². The second-order valence-corrected chi connectivity index (χ2v) is 7.00. The largest absolute Gasteiger partial charge is 0.485 e. The van der Waals surface area contributed by atoms with Gasteiger partial charge in [-0.15, -0.1) is 11.3 Å². The van der Waals surface area contributed by atoms with Gasteiger partial charge in [0.15, 0.2) is 0 Å². The van der Waals surface area contributed by atoms with Gasteiger partial charge >= 0.3 is 0 Å². The number of para-hydroxylation sites is 1. The van der Waals surface area contributed by atoms with Crippen LogP contribution in [0.4, 0.5) is 0 Å². The summed E-state index contributed by atoms with van der Waals surface area (Å²) in [6.07, 6.45) is 0. The number of aryl methyl sites for hydroxylation is 2. The lowest BCUT2D eigenvalue weighted by molar-refractivity contribution is 0.301. The van der Waals surface area contributed by atoms with E-state index in [4.69, 9.17) is 16.3 Å². The lowest BCUT2D eigenvalue weighted by Crippen LogP contribution is -2.22. The van der Waals surface area contributed by atoms with Crippen LogP contribution in [-0.2, 0) is 13.2 Å². The molecule has 1 aromatic heterocycles. The normalized spacial score (nSPS) is 11.1. The van der Waals surface area contributed by atoms with Crippen LogP contribution >= 0.6 is 22.9 Å². The highest BCUT2D eigenvalue weighted by molar-refractivity contribution is 7.11.